The molecule has 0 spiro atoms. The van der Waals surface area contributed by atoms with E-state index in [0.29, 0.717) is 5.92 Å². The molecule has 12 rings (SSSR count). The summed E-state index contributed by atoms with van der Waals surface area (Å²) < 4.78 is 0. The molecular formula is C53H53N. The van der Waals surface area contributed by atoms with E-state index in [1.54, 1.807) is 5.56 Å². The van der Waals surface area contributed by atoms with Crippen molar-refractivity contribution >= 4 is 27.8 Å². The Morgan fingerprint density at radius 1 is 0.500 bits per heavy atom. The highest BCUT2D eigenvalue weighted by atomic mass is 15.1. The average molecular weight is 704 g/mol. The maximum absolute atomic E-state index is 2.59. The molecule has 5 saturated carbocycles. The van der Waals surface area contributed by atoms with E-state index in [2.05, 4.69) is 146 Å². The van der Waals surface area contributed by atoms with Gasteiger partial charge in [0.05, 0.1) is 5.69 Å². The van der Waals surface area contributed by atoms with E-state index in [0.717, 1.165) is 29.6 Å². The first-order chi connectivity index (χ1) is 26.5. The Hall–Kier alpha value is -4.62. The fourth-order valence-electron chi connectivity index (χ4n) is 12.6. The van der Waals surface area contributed by atoms with Crippen LogP contribution in [0.25, 0.3) is 33.0 Å². The van der Waals surface area contributed by atoms with Crippen molar-refractivity contribution in [2.24, 2.45) is 23.7 Å². The van der Waals surface area contributed by atoms with Crippen molar-refractivity contribution in [3.63, 3.8) is 0 Å². The zero-order chi connectivity index (χ0) is 36.0. The molecule has 0 N–H and O–H groups in total. The van der Waals surface area contributed by atoms with Crippen LogP contribution in [0.4, 0.5) is 17.1 Å². The zero-order valence-electron chi connectivity index (χ0n) is 32.1. The number of anilines is 3. The molecule has 0 saturated heterocycles. The van der Waals surface area contributed by atoms with Crippen LogP contribution >= 0.6 is 0 Å². The third-order valence-corrected chi connectivity index (χ3v) is 15.0. The molecule has 5 fully saturated rings. The molecule has 4 bridgehead atoms. The summed E-state index contributed by atoms with van der Waals surface area (Å²) in [7, 11) is 0. The van der Waals surface area contributed by atoms with Crippen LogP contribution < -0.4 is 4.90 Å². The third kappa shape index (κ3) is 5.32. The summed E-state index contributed by atoms with van der Waals surface area (Å²) in [5.74, 6) is 5.19. The van der Waals surface area contributed by atoms with Gasteiger partial charge in [-0.25, -0.2) is 0 Å². The van der Waals surface area contributed by atoms with Crippen LogP contribution in [0.1, 0.15) is 112 Å². The second-order valence-electron chi connectivity index (χ2n) is 18.5. The van der Waals surface area contributed by atoms with Crippen molar-refractivity contribution in [1.82, 2.24) is 0 Å². The van der Waals surface area contributed by atoms with Crippen molar-refractivity contribution in [3.05, 3.63) is 150 Å². The monoisotopic (exact) mass is 703 g/mol. The molecule has 1 heteroatoms. The summed E-state index contributed by atoms with van der Waals surface area (Å²) in [6.45, 7) is 4.83. The lowest BCUT2D eigenvalue weighted by molar-refractivity contribution is -0.00277. The van der Waals surface area contributed by atoms with Crippen LogP contribution in [-0.4, -0.2) is 0 Å². The van der Waals surface area contributed by atoms with Gasteiger partial charge < -0.3 is 4.90 Å². The van der Waals surface area contributed by atoms with Crippen LogP contribution in [0.3, 0.4) is 0 Å². The van der Waals surface area contributed by atoms with Gasteiger partial charge in [-0.05, 0) is 173 Å². The molecular weight excluding hydrogens is 651 g/mol. The van der Waals surface area contributed by atoms with Crippen molar-refractivity contribution < 1.29 is 0 Å². The first-order valence-electron chi connectivity index (χ1n) is 21.3. The van der Waals surface area contributed by atoms with Crippen molar-refractivity contribution in [1.29, 1.82) is 0 Å². The highest BCUT2D eigenvalue weighted by Gasteiger charge is 2.48. The minimum atomic E-state index is -0.0948. The smallest absolute Gasteiger partial charge is 0.0543 e. The van der Waals surface area contributed by atoms with Gasteiger partial charge in [-0.2, -0.15) is 0 Å². The molecule has 0 atom stereocenters. The van der Waals surface area contributed by atoms with Crippen LogP contribution in [0.5, 0.6) is 0 Å². The summed E-state index contributed by atoms with van der Waals surface area (Å²) in [5.41, 5.74) is 14.9. The van der Waals surface area contributed by atoms with Crippen LogP contribution in [0.15, 0.2) is 127 Å². The Kier molecular flexibility index (Phi) is 7.73. The van der Waals surface area contributed by atoms with E-state index in [-0.39, 0.29) is 5.41 Å². The number of hydrogen-bond acceptors (Lipinski definition) is 1. The molecule has 0 unspecified atom stereocenters. The predicted octanol–water partition coefficient (Wildman–Crippen LogP) is 14.9. The molecule has 6 aliphatic rings. The maximum atomic E-state index is 2.59. The van der Waals surface area contributed by atoms with Gasteiger partial charge in [0.15, 0.2) is 0 Å². The first-order valence-corrected chi connectivity index (χ1v) is 21.3. The summed E-state index contributed by atoms with van der Waals surface area (Å²) in [6.07, 6.45) is 14.1. The minimum Gasteiger partial charge on any atom is -0.310 e. The van der Waals surface area contributed by atoms with Gasteiger partial charge in [0.1, 0.15) is 0 Å². The fraction of sp³-hybridized carbons (Fsp3) is 0.358. The lowest BCUT2D eigenvalue weighted by atomic mass is 9.51. The molecule has 0 heterocycles. The minimum absolute atomic E-state index is 0.0948. The van der Waals surface area contributed by atoms with Gasteiger partial charge in [-0.15, -0.1) is 0 Å². The Morgan fingerprint density at radius 3 is 1.83 bits per heavy atom. The highest BCUT2D eigenvalue weighted by molar-refractivity contribution is 5.97. The van der Waals surface area contributed by atoms with E-state index in [1.165, 1.54) is 131 Å². The molecule has 0 amide bonds. The highest BCUT2D eigenvalue weighted by Crippen LogP contribution is 2.60. The van der Waals surface area contributed by atoms with Crippen molar-refractivity contribution in [2.75, 3.05) is 4.90 Å². The lowest BCUT2D eigenvalue weighted by Crippen LogP contribution is -2.43. The van der Waals surface area contributed by atoms with Gasteiger partial charge >= 0.3 is 0 Å². The normalized spacial score (nSPS) is 25.1. The molecule has 6 aliphatic carbocycles. The first kappa shape index (κ1) is 32.8. The maximum Gasteiger partial charge on any atom is 0.0543 e. The van der Waals surface area contributed by atoms with Crippen LogP contribution in [0, 0.1) is 23.7 Å². The summed E-state index contributed by atoms with van der Waals surface area (Å²) >= 11 is 0. The van der Waals surface area contributed by atoms with Gasteiger partial charge in [0.25, 0.3) is 0 Å². The molecule has 0 radical (unpaired) electrons. The predicted molar refractivity (Wildman–Crippen MR) is 227 cm³/mol. The number of rotatable bonds is 6. The van der Waals surface area contributed by atoms with Gasteiger partial charge in [-0.3, -0.25) is 0 Å². The van der Waals surface area contributed by atoms with Gasteiger partial charge in [0.2, 0.25) is 0 Å². The summed E-state index contributed by atoms with van der Waals surface area (Å²) in [6, 6.07) is 49.8. The SMILES string of the molecule is CC1(C)c2ccccc2-c2cc(-c3ccc4ccccc4c3)c(N(c3ccc(C4CCCCC4)cc3)c3ccc(C4C5CC6CC(C5)CC4C6)cc3)cc21. The molecule has 1 nitrogen and oxygen atoms in total. The van der Waals surface area contributed by atoms with Crippen LogP contribution in [0.2, 0.25) is 0 Å². The van der Waals surface area contributed by atoms with E-state index >= 15 is 0 Å². The average Bonchev–Trinajstić information content (AvgIpc) is 3.43. The summed E-state index contributed by atoms with van der Waals surface area (Å²) in [5, 5.41) is 2.57. The third-order valence-electron chi connectivity index (χ3n) is 15.0. The topological polar surface area (TPSA) is 3.24 Å². The second-order valence-corrected chi connectivity index (χ2v) is 18.5. The van der Waals surface area contributed by atoms with E-state index in [9.17, 15) is 0 Å². The zero-order valence-corrected chi connectivity index (χ0v) is 32.1. The summed E-state index contributed by atoms with van der Waals surface area (Å²) in [4.78, 5) is 2.59. The number of fused-ring (bicyclic) bond motifs is 4. The van der Waals surface area contributed by atoms with E-state index in [1.807, 2.05) is 0 Å². The molecule has 6 aromatic rings. The molecule has 0 aliphatic heterocycles. The van der Waals surface area contributed by atoms with Crippen molar-refractivity contribution in [2.45, 2.75) is 95.3 Å². The molecule has 0 aromatic heterocycles. The molecule has 270 valence electrons. The van der Waals surface area contributed by atoms with Gasteiger partial charge in [-0.1, -0.05) is 118 Å². The largest absolute Gasteiger partial charge is 0.310 e. The molecule has 6 aromatic carbocycles. The van der Waals surface area contributed by atoms with Gasteiger partial charge in [0, 0.05) is 22.4 Å². The Labute approximate surface area is 322 Å². The Morgan fingerprint density at radius 2 is 1.13 bits per heavy atom. The lowest BCUT2D eigenvalue weighted by Gasteiger charge is -2.54. The number of benzene rings is 6. The Balaban J connectivity index is 1.09. The van der Waals surface area contributed by atoms with E-state index in [4.69, 9.17) is 0 Å². The quantitative estimate of drug-likeness (QED) is 0.167. The molecule has 54 heavy (non-hydrogen) atoms. The standard InChI is InChI=1S/C53H53N/c1-53(2)49-15-9-8-14-46(49)48-32-47(41-17-16-37-12-6-7-13-40(37)31-41)51(33-50(48)53)54(44-22-18-38(19-23-44)36-10-4-3-5-11-36)45-24-20-39(21-25-45)52-42-27-34-26-35(29-42)30-43(52)28-34/h6-9,12-25,31-36,42-43,52H,3-5,10-11,26-30H2,1-2H3. The number of hydrogen-bond donors (Lipinski definition) is 0. The van der Waals surface area contributed by atoms with Crippen molar-refractivity contribution in [3.8, 4) is 22.3 Å². The second kappa shape index (κ2) is 12.7. The number of nitrogens with zero attached hydrogens (tertiary/aromatic N) is 1. The Bertz CT molecular complexity index is 2330. The van der Waals surface area contributed by atoms with Crippen LogP contribution in [-0.2, 0) is 5.41 Å². The fourth-order valence-corrected chi connectivity index (χ4v) is 12.6. The van der Waals surface area contributed by atoms with E-state index < -0.39 is 0 Å².